The maximum absolute atomic E-state index is 13.6. The molecule has 2 aromatic heterocycles. The van der Waals surface area contributed by atoms with Gasteiger partial charge in [-0.15, -0.1) is 0 Å². The van der Waals surface area contributed by atoms with Crippen LogP contribution in [-0.2, 0) is 6.42 Å². The molecular weight excluding hydrogens is 366 g/mol. The molecule has 0 saturated heterocycles. The maximum atomic E-state index is 13.6. The fourth-order valence-corrected chi connectivity index (χ4v) is 4.07. The van der Waals surface area contributed by atoms with E-state index in [2.05, 4.69) is 39.1 Å². The Bertz CT molecular complexity index is 833. The summed E-state index contributed by atoms with van der Waals surface area (Å²) in [6, 6.07) is 5.09. The third-order valence-electron chi connectivity index (χ3n) is 4.12. The van der Waals surface area contributed by atoms with Crippen molar-refractivity contribution >= 4 is 38.9 Å². The fourth-order valence-electron chi connectivity index (χ4n) is 2.96. The van der Waals surface area contributed by atoms with Crippen LogP contribution in [0.1, 0.15) is 36.9 Å². The van der Waals surface area contributed by atoms with Gasteiger partial charge in [0.25, 0.3) is 0 Å². The Hall–Kier alpha value is -1.17. The molecule has 0 amide bonds. The SMILES string of the molecule is CCc1cnn2c(C3CC3)c(I)c3cc(F)ccc3c12. The first-order valence-electron chi connectivity index (χ1n) is 6.98. The van der Waals surface area contributed by atoms with Crippen LogP contribution in [0, 0.1) is 9.39 Å². The van der Waals surface area contributed by atoms with Crippen LogP contribution in [-0.4, -0.2) is 9.61 Å². The average molecular weight is 380 g/mol. The van der Waals surface area contributed by atoms with Gasteiger partial charge in [0.2, 0.25) is 0 Å². The topological polar surface area (TPSA) is 17.3 Å². The van der Waals surface area contributed by atoms with Gasteiger partial charge in [-0.2, -0.15) is 5.10 Å². The van der Waals surface area contributed by atoms with E-state index in [0.29, 0.717) is 5.92 Å². The molecule has 0 radical (unpaired) electrons. The first-order valence-corrected chi connectivity index (χ1v) is 8.05. The van der Waals surface area contributed by atoms with Crippen molar-refractivity contribution < 1.29 is 4.39 Å². The molecule has 1 aliphatic carbocycles. The summed E-state index contributed by atoms with van der Waals surface area (Å²) >= 11 is 2.35. The number of hydrogen-bond donors (Lipinski definition) is 0. The number of halogens is 2. The molecule has 0 N–H and O–H groups in total. The lowest BCUT2D eigenvalue weighted by Gasteiger charge is -2.12. The van der Waals surface area contributed by atoms with Crippen LogP contribution >= 0.6 is 22.6 Å². The van der Waals surface area contributed by atoms with Crippen LogP contribution in [0.5, 0.6) is 0 Å². The van der Waals surface area contributed by atoms with Gasteiger partial charge in [-0.25, -0.2) is 8.91 Å². The van der Waals surface area contributed by atoms with Gasteiger partial charge in [0.1, 0.15) is 5.82 Å². The van der Waals surface area contributed by atoms with Gasteiger partial charge >= 0.3 is 0 Å². The summed E-state index contributed by atoms with van der Waals surface area (Å²) in [6.45, 7) is 2.14. The summed E-state index contributed by atoms with van der Waals surface area (Å²) in [7, 11) is 0. The van der Waals surface area contributed by atoms with Crippen molar-refractivity contribution in [3.05, 3.63) is 45.0 Å². The fraction of sp³-hybridized carbons (Fsp3) is 0.312. The second-order valence-corrected chi connectivity index (χ2v) is 6.53. The van der Waals surface area contributed by atoms with E-state index in [0.717, 1.165) is 26.3 Å². The van der Waals surface area contributed by atoms with Crippen LogP contribution in [0.3, 0.4) is 0 Å². The van der Waals surface area contributed by atoms with Crippen molar-refractivity contribution in [2.75, 3.05) is 0 Å². The molecule has 3 aromatic rings. The molecule has 0 spiro atoms. The van der Waals surface area contributed by atoms with Gasteiger partial charge in [0, 0.05) is 20.3 Å². The monoisotopic (exact) mass is 380 g/mol. The third kappa shape index (κ3) is 1.70. The first kappa shape index (κ1) is 12.6. The highest BCUT2D eigenvalue weighted by Gasteiger charge is 2.30. The Morgan fingerprint density at radius 3 is 2.85 bits per heavy atom. The van der Waals surface area contributed by atoms with Crippen molar-refractivity contribution in [2.24, 2.45) is 0 Å². The van der Waals surface area contributed by atoms with Crippen molar-refractivity contribution in [2.45, 2.75) is 32.1 Å². The minimum atomic E-state index is -0.168. The molecule has 102 valence electrons. The molecule has 1 saturated carbocycles. The van der Waals surface area contributed by atoms with Gasteiger partial charge in [-0.1, -0.05) is 6.92 Å². The van der Waals surface area contributed by atoms with Crippen molar-refractivity contribution in [3.8, 4) is 0 Å². The Labute approximate surface area is 130 Å². The van der Waals surface area contributed by atoms with E-state index in [4.69, 9.17) is 0 Å². The van der Waals surface area contributed by atoms with E-state index in [1.807, 2.05) is 12.3 Å². The van der Waals surface area contributed by atoms with Gasteiger partial charge in [0.15, 0.2) is 0 Å². The average Bonchev–Trinajstić information content (AvgIpc) is 3.18. The van der Waals surface area contributed by atoms with E-state index in [9.17, 15) is 4.39 Å². The van der Waals surface area contributed by atoms with Crippen molar-refractivity contribution in [3.63, 3.8) is 0 Å². The lowest BCUT2D eigenvalue weighted by molar-refractivity contribution is 0.629. The molecule has 1 aromatic carbocycles. The van der Waals surface area contributed by atoms with Crippen LogP contribution in [0.2, 0.25) is 0 Å². The largest absolute Gasteiger partial charge is 0.236 e. The number of rotatable bonds is 2. The number of hydrogen-bond acceptors (Lipinski definition) is 1. The molecule has 1 fully saturated rings. The van der Waals surface area contributed by atoms with Gasteiger partial charge in [0.05, 0.1) is 17.4 Å². The predicted octanol–water partition coefficient (Wildman–Crippen LogP) is 4.67. The predicted molar refractivity (Wildman–Crippen MR) is 86.7 cm³/mol. The summed E-state index contributed by atoms with van der Waals surface area (Å²) < 4.78 is 16.9. The van der Waals surface area contributed by atoms with Crippen LogP contribution < -0.4 is 0 Å². The summed E-state index contributed by atoms with van der Waals surface area (Å²) in [5, 5.41) is 6.73. The molecule has 0 bridgehead atoms. The quantitative estimate of drug-likeness (QED) is 0.591. The summed E-state index contributed by atoms with van der Waals surface area (Å²) in [4.78, 5) is 0. The molecule has 4 rings (SSSR count). The Morgan fingerprint density at radius 1 is 1.35 bits per heavy atom. The second-order valence-electron chi connectivity index (χ2n) is 5.45. The van der Waals surface area contributed by atoms with E-state index in [-0.39, 0.29) is 5.82 Å². The van der Waals surface area contributed by atoms with E-state index >= 15 is 0 Å². The highest BCUT2D eigenvalue weighted by Crippen LogP contribution is 2.44. The van der Waals surface area contributed by atoms with Crippen LogP contribution in [0.25, 0.3) is 16.3 Å². The highest BCUT2D eigenvalue weighted by molar-refractivity contribution is 14.1. The minimum absolute atomic E-state index is 0.168. The van der Waals surface area contributed by atoms with E-state index in [1.165, 1.54) is 24.1 Å². The lowest BCUT2D eigenvalue weighted by Crippen LogP contribution is -2.02. The van der Waals surface area contributed by atoms with E-state index in [1.54, 1.807) is 12.1 Å². The Morgan fingerprint density at radius 2 is 2.15 bits per heavy atom. The van der Waals surface area contributed by atoms with Crippen LogP contribution in [0.4, 0.5) is 4.39 Å². The zero-order valence-corrected chi connectivity index (χ0v) is 13.3. The summed E-state index contributed by atoms with van der Waals surface area (Å²) in [5.74, 6) is 0.417. The van der Waals surface area contributed by atoms with Gasteiger partial charge in [-0.3, -0.25) is 0 Å². The number of fused-ring (bicyclic) bond motifs is 3. The van der Waals surface area contributed by atoms with Gasteiger partial charge < -0.3 is 0 Å². The zero-order valence-electron chi connectivity index (χ0n) is 11.2. The number of nitrogens with zero attached hydrogens (tertiary/aromatic N) is 2. The van der Waals surface area contributed by atoms with Crippen molar-refractivity contribution in [1.82, 2.24) is 9.61 Å². The van der Waals surface area contributed by atoms with E-state index < -0.39 is 0 Å². The molecule has 2 heterocycles. The maximum Gasteiger partial charge on any atom is 0.123 e. The molecular formula is C16H14FIN2. The molecule has 0 unspecified atom stereocenters. The number of pyridine rings is 1. The summed E-state index contributed by atoms with van der Waals surface area (Å²) in [6.07, 6.45) is 5.33. The smallest absolute Gasteiger partial charge is 0.123 e. The molecule has 20 heavy (non-hydrogen) atoms. The highest BCUT2D eigenvalue weighted by atomic mass is 127. The zero-order chi connectivity index (χ0) is 13.9. The number of aryl methyl sites for hydroxylation is 1. The second kappa shape index (κ2) is 4.41. The standard InChI is InChI=1S/C16H14FIN2/c1-2-9-8-19-20-15(9)12-6-5-11(17)7-13(12)14(18)16(20)10-3-4-10/h5-8,10H,2-4H2,1H3. The Kier molecular flexibility index (Phi) is 2.77. The third-order valence-corrected chi connectivity index (χ3v) is 5.25. The summed E-state index contributed by atoms with van der Waals surface area (Å²) in [5.41, 5.74) is 3.66. The molecule has 0 aliphatic heterocycles. The molecule has 0 atom stereocenters. The van der Waals surface area contributed by atoms with Crippen LogP contribution in [0.15, 0.2) is 24.4 Å². The minimum Gasteiger partial charge on any atom is -0.236 e. The normalized spacial score (nSPS) is 15.3. The Balaban J connectivity index is 2.24. The molecule has 1 aliphatic rings. The number of benzene rings is 1. The van der Waals surface area contributed by atoms with Crippen molar-refractivity contribution in [1.29, 1.82) is 0 Å². The first-order chi connectivity index (χ1) is 9.70. The lowest BCUT2D eigenvalue weighted by atomic mass is 10.1. The molecule has 2 nitrogen and oxygen atoms in total. The molecule has 4 heteroatoms. The number of aromatic nitrogens is 2. The van der Waals surface area contributed by atoms with Gasteiger partial charge in [-0.05, 0) is 65.6 Å².